The normalized spacial score (nSPS) is 10.5. The van der Waals surface area contributed by atoms with Crippen molar-refractivity contribution in [2.45, 2.75) is 13.8 Å². The third kappa shape index (κ3) is 4.73. The third-order valence-electron chi connectivity index (χ3n) is 3.27. The number of carbonyl (C=O) groups is 2. The van der Waals surface area contributed by atoms with Gasteiger partial charge in [0, 0.05) is 11.6 Å². The van der Waals surface area contributed by atoms with E-state index < -0.39 is 5.91 Å². The largest absolute Gasteiger partial charge is 0.352 e. The molecule has 0 saturated carbocycles. The fourth-order valence-electron chi connectivity index (χ4n) is 2.05. The summed E-state index contributed by atoms with van der Waals surface area (Å²) in [5.41, 5.74) is 1.12. The lowest BCUT2D eigenvalue weighted by atomic mass is 10.1. The topological polar surface area (TPSA) is 58.2 Å². The molecule has 2 rings (SSSR count). The SMILES string of the molecule is CC(C)CNC(=O)c1ccccc1NC(=O)c1ccc(Cl)cc1Cl. The van der Waals surface area contributed by atoms with Crippen LogP contribution >= 0.6 is 23.2 Å². The predicted molar refractivity (Wildman–Crippen MR) is 98.0 cm³/mol. The number of rotatable bonds is 5. The van der Waals surface area contributed by atoms with E-state index in [1.807, 2.05) is 13.8 Å². The molecular formula is C18H18Cl2N2O2. The van der Waals surface area contributed by atoms with Crippen LogP contribution in [0.3, 0.4) is 0 Å². The number of amides is 2. The molecule has 0 spiro atoms. The van der Waals surface area contributed by atoms with Crippen LogP contribution in [0.5, 0.6) is 0 Å². The number of benzene rings is 2. The van der Waals surface area contributed by atoms with E-state index in [2.05, 4.69) is 10.6 Å². The Bertz CT molecular complexity index is 760. The summed E-state index contributed by atoms with van der Waals surface area (Å²) in [7, 11) is 0. The van der Waals surface area contributed by atoms with Crippen LogP contribution in [0.15, 0.2) is 42.5 Å². The molecule has 0 saturated heterocycles. The first-order chi connectivity index (χ1) is 11.4. The lowest BCUT2D eigenvalue weighted by Crippen LogP contribution is -2.28. The number of hydrogen-bond donors (Lipinski definition) is 2. The van der Waals surface area contributed by atoms with Crippen molar-refractivity contribution < 1.29 is 9.59 Å². The smallest absolute Gasteiger partial charge is 0.257 e. The van der Waals surface area contributed by atoms with Gasteiger partial charge >= 0.3 is 0 Å². The molecule has 2 amide bonds. The number of carbonyl (C=O) groups excluding carboxylic acids is 2. The highest BCUT2D eigenvalue weighted by atomic mass is 35.5. The van der Waals surface area contributed by atoms with Crippen LogP contribution < -0.4 is 10.6 Å². The number of para-hydroxylation sites is 1. The molecule has 126 valence electrons. The molecule has 0 aliphatic rings. The zero-order valence-electron chi connectivity index (χ0n) is 13.4. The number of hydrogen-bond acceptors (Lipinski definition) is 2. The van der Waals surface area contributed by atoms with Crippen molar-refractivity contribution >= 4 is 40.7 Å². The highest BCUT2D eigenvalue weighted by Crippen LogP contribution is 2.23. The van der Waals surface area contributed by atoms with Crippen molar-refractivity contribution in [3.8, 4) is 0 Å². The van der Waals surface area contributed by atoms with Crippen molar-refractivity contribution in [2.24, 2.45) is 5.92 Å². The second kappa shape index (κ2) is 8.18. The molecule has 2 N–H and O–H groups in total. The van der Waals surface area contributed by atoms with Crippen LogP contribution in [0.2, 0.25) is 10.0 Å². The van der Waals surface area contributed by atoms with Gasteiger partial charge in [0.25, 0.3) is 11.8 Å². The standard InChI is InChI=1S/C18H18Cl2N2O2/c1-11(2)10-21-17(23)14-5-3-4-6-16(14)22-18(24)13-8-7-12(19)9-15(13)20/h3-9,11H,10H2,1-2H3,(H,21,23)(H,22,24). The molecule has 4 nitrogen and oxygen atoms in total. The fourth-order valence-corrected chi connectivity index (χ4v) is 2.54. The quantitative estimate of drug-likeness (QED) is 0.812. The maximum absolute atomic E-state index is 12.4. The van der Waals surface area contributed by atoms with Crippen molar-refractivity contribution in [3.05, 3.63) is 63.6 Å². The number of halogens is 2. The van der Waals surface area contributed by atoms with Gasteiger partial charge < -0.3 is 10.6 Å². The molecule has 2 aromatic carbocycles. The predicted octanol–water partition coefficient (Wildman–Crippen LogP) is 4.63. The van der Waals surface area contributed by atoms with E-state index in [1.165, 1.54) is 6.07 Å². The van der Waals surface area contributed by atoms with Gasteiger partial charge in [0.15, 0.2) is 0 Å². The number of anilines is 1. The Morgan fingerprint density at radius 2 is 1.71 bits per heavy atom. The average Bonchev–Trinajstić information content (AvgIpc) is 2.53. The van der Waals surface area contributed by atoms with Crippen LogP contribution in [-0.2, 0) is 0 Å². The molecule has 6 heteroatoms. The Hall–Kier alpha value is -2.04. The zero-order chi connectivity index (χ0) is 17.7. The molecule has 24 heavy (non-hydrogen) atoms. The monoisotopic (exact) mass is 364 g/mol. The lowest BCUT2D eigenvalue weighted by Gasteiger charge is -2.13. The van der Waals surface area contributed by atoms with Crippen molar-refractivity contribution in [3.63, 3.8) is 0 Å². The van der Waals surface area contributed by atoms with Crippen molar-refractivity contribution in [1.82, 2.24) is 5.32 Å². The molecule has 2 aromatic rings. The van der Waals surface area contributed by atoms with Gasteiger partial charge in [-0.3, -0.25) is 9.59 Å². The minimum absolute atomic E-state index is 0.234. The summed E-state index contributed by atoms with van der Waals surface area (Å²) in [4.78, 5) is 24.7. The van der Waals surface area contributed by atoms with E-state index in [0.717, 1.165) is 0 Å². The maximum atomic E-state index is 12.4. The first-order valence-corrected chi connectivity index (χ1v) is 8.27. The van der Waals surface area contributed by atoms with Crippen LogP contribution in [-0.4, -0.2) is 18.4 Å². The Labute approximate surface area is 151 Å². The maximum Gasteiger partial charge on any atom is 0.257 e. The van der Waals surface area contributed by atoms with E-state index in [0.29, 0.717) is 34.3 Å². The molecular weight excluding hydrogens is 347 g/mol. The van der Waals surface area contributed by atoms with Gasteiger partial charge in [0.05, 0.1) is 21.8 Å². The Kier molecular flexibility index (Phi) is 6.23. The molecule has 0 heterocycles. The Morgan fingerprint density at radius 3 is 2.38 bits per heavy atom. The van der Waals surface area contributed by atoms with Crippen LogP contribution in [0.4, 0.5) is 5.69 Å². The molecule has 0 atom stereocenters. The lowest BCUT2D eigenvalue weighted by molar-refractivity contribution is 0.0950. The van der Waals surface area contributed by atoms with Gasteiger partial charge in [-0.1, -0.05) is 49.2 Å². The highest BCUT2D eigenvalue weighted by molar-refractivity contribution is 6.37. The first-order valence-electron chi connectivity index (χ1n) is 7.52. The van der Waals surface area contributed by atoms with E-state index in [9.17, 15) is 9.59 Å². The van der Waals surface area contributed by atoms with Gasteiger partial charge in [-0.05, 0) is 36.2 Å². The minimum atomic E-state index is -0.402. The van der Waals surface area contributed by atoms with Crippen molar-refractivity contribution in [2.75, 3.05) is 11.9 Å². The molecule has 0 unspecified atom stereocenters. The fraction of sp³-hybridized carbons (Fsp3) is 0.222. The second-order valence-electron chi connectivity index (χ2n) is 5.73. The summed E-state index contributed by atoms with van der Waals surface area (Å²) in [5, 5.41) is 6.27. The minimum Gasteiger partial charge on any atom is -0.352 e. The van der Waals surface area contributed by atoms with Crippen LogP contribution in [0, 0.1) is 5.92 Å². The van der Waals surface area contributed by atoms with Crippen LogP contribution in [0.1, 0.15) is 34.6 Å². The summed E-state index contributed by atoms with van der Waals surface area (Å²) < 4.78 is 0. The zero-order valence-corrected chi connectivity index (χ0v) is 14.9. The third-order valence-corrected chi connectivity index (χ3v) is 3.81. The molecule has 0 fully saturated rings. The summed E-state index contributed by atoms with van der Waals surface area (Å²) in [6, 6.07) is 11.5. The molecule has 0 radical (unpaired) electrons. The van der Waals surface area contributed by atoms with Gasteiger partial charge in [0.1, 0.15) is 0 Å². The first kappa shape index (κ1) is 18.3. The molecule has 0 aliphatic heterocycles. The van der Waals surface area contributed by atoms with E-state index >= 15 is 0 Å². The Balaban J connectivity index is 2.20. The van der Waals surface area contributed by atoms with E-state index in [1.54, 1.807) is 36.4 Å². The van der Waals surface area contributed by atoms with Gasteiger partial charge in [-0.15, -0.1) is 0 Å². The average molecular weight is 365 g/mol. The van der Waals surface area contributed by atoms with Crippen molar-refractivity contribution in [1.29, 1.82) is 0 Å². The van der Waals surface area contributed by atoms with Gasteiger partial charge in [-0.25, -0.2) is 0 Å². The number of nitrogens with one attached hydrogen (secondary N) is 2. The molecule has 0 aliphatic carbocycles. The molecule has 0 aromatic heterocycles. The highest BCUT2D eigenvalue weighted by Gasteiger charge is 2.16. The van der Waals surface area contributed by atoms with Gasteiger partial charge in [-0.2, -0.15) is 0 Å². The summed E-state index contributed by atoms with van der Waals surface area (Å²) in [6.45, 7) is 4.58. The van der Waals surface area contributed by atoms with Gasteiger partial charge in [0.2, 0.25) is 0 Å². The summed E-state index contributed by atoms with van der Waals surface area (Å²) in [5.74, 6) is -0.300. The van der Waals surface area contributed by atoms with E-state index in [4.69, 9.17) is 23.2 Å². The Morgan fingerprint density at radius 1 is 1.00 bits per heavy atom. The molecule has 0 bridgehead atoms. The van der Waals surface area contributed by atoms with Crippen LogP contribution in [0.25, 0.3) is 0 Å². The van der Waals surface area contributed by atoms with E-state index in [-0.39, 0.29) is 10.9 Å². The second-order valence-corrected chi connectivity index (χ2v) is 6.57. The summed E-state index contributed by atoms with van der Waals surface area (Å²) in [6.07, 6.45) is 0. The summed E-state index contributed by atoms with van der Waals surface area (Å²) >= 11 is 11.9.